The summed E-state index contributed by atoms with van der Waals surface area (Å²) in [7, 11) is -3.67. The van der Waals surface area contributed by atoms with Crippen LogP contribution in [0.4, 0.5) is 8.78 Å². The summed E-state index contributed by atoms with van der Waals surface area (Å²) in [4.78, 5) is 14.3. The summed E-state index contributed by atoms with van der Waals surface area (Å²) in [6, 6.07) is 6.37. The molecule has 1 atom stereocenters. The monoisotopic (exact) mass is 450 g/mol. The molecule has 2 aliphatic rings. The molecule has 2 fully saturated rings. The van der Waals surface area contributed by atoms with Crippen molar-refractivity contribution < 1.29 is 22.0 Å². The van der Waals surface area contributed by atoms with Crippen LogP contribution in [0.25, 0.3) is 0 Å². The van der Waals surface area contributed by atoms with E-state index in [-0.39, 0.29) is 43.3 Å². The van der Waals surface area contributed by atoms with Crippen LogP contribution in [0.1, 0.15) is 25.7 Å². The number of piperidine rings is 2. The summed E-state index contributed by atoms with van der Waals surface area (Å²) in [5.41, 5.74) is 0. The summed E-state index contributed by atoms with van der Waals surface area (Å²) < 4.78 is 54.3. The second kappa shape index (κ2) is 7.52. The molecule has 1 aromatic rings. The summed E-state index contributed by atoms with van der Waals surface area (Å²) in [6.07, 6.45) is 0.507. The van der Waals surface area contributed by atoms with E-state index >= 15 is 0 Å². The molecule has 26 heavy (non-hydrogen) atoms. The highest BCUT2D eigenvalue weighted by atomic mass is 79.9. The van der Waals surface area contributed by atoms with Gasteiger partial charge in [0.05, 0.1) is 10.8 Å². The van der Waals surface area contributed by atoms with Crippen molar-refractivity contribution in [2.24, 2.45) is 5.92 Å². The minimum atomic E-state index is -3.67. The summed E-state index contributed by atoms with van der Waals surface area (Å²) >= 11 is 3.28. The van der Waals surface area contributed by atoms with Gasteiger partial charge >= 0.3 is 0 Å². The van der Waals surface area contributed by atoms with Gasteiger partial charge in [-0.25, -0.2) is 17.2 Å². The van der Waals surface area contributed by atoms with Crippen molar-refractivity contribution in [1.29, 1.82) is 0 Å². The molecule has 2 saturated heterocycles. The van der Waals surface area contributed by atoms with Crippen LogP contribution >= 0.6 is 15.9 Å². The summed E-state index contributed by atoms with van der Waals surface area (Å²) in [5.74, 6) is -3.39. The van der Waals surface area contributed by atoms with E-state index in [2.05, 4.69) is 15.9 Å². The molecule has 5 nitrogen and oxygen atoms in total. The van der Waals surface area contributed by atoms with Gasteiger partial charge in [-0.15, -0.1) is 0 Å². The van der Waals surface area contributed by atoms with Gasteiger partial charge < -0.3 is 4.90 Å². The van der Waals surface area contributed by atoms with Crippen LogP contribution in [0.5, 0.6) is 0 Å². The Balaban J connectivity index is 1.69. The van der Waals surface area contributed by atoms with Gasteiger partial charge in [-0.2, -0.15) is 4.31 Å². The molecule has 144 valence electrons. The number of carbonyl (C=O) groups excluding carboxylic acids is 1. The highest BCUT2D eigenvalue weighted by Crippen LogP contribution is 2.30. The minimum Gasteiger partial charge on any atom is -0.342 e. The van der Waals surface area contributed by atoms with E-state index in [4.69, 9.17) is 0 Å². The Labute approximate surface area is 160 Å². The fourth-order valence-corrected chi connectivity index (χ4v) is 5.22. The zero-order valence-electron chi connectivity index (χ0n) is 14.2. The summed E-state index contributed by atoms with van der Waals surface area (Å²) in [5, 5.41) is 0. The number of hydrogen-bond acceptors (Lipinski definition) is 3. The van der Waals surface area contributed by atoms with E-state index in [9.17, 15) is 22.0 Å². The fraction of sp³-hybridized carbons (Fsp3) is 0.588. The van der Waals surface area contributed by atoms with Gasteiger partial charge in [0.2, 0.25) is 15.9 Å². The van der Waals surface area contributed by atoms with Gasteiger partial charge in [0.15, 0.2) is 0 Å². The van der Waals surface area contributed by atoms with Gasteiger partial charge in [-0.1, -0.05) is 15.9 Å². The third kappa shape index (κ3) is 4.26. The number of alkyl halides is 2. The van der Waals surface area contributed by atoms with Crippen LogP contribution in [-0.4, -0.2) is 55.6 Å². The molecule has 0 radical (unpaired) electrons. The van der Waals surface area contributed by atoms with E-state index in [0.717, 1.165) is 4.47 Å². The van der Waals surface area contributed by atoms with Crippen molar-refractivity contribution in [3.05, 3.63) is 28.7 Å². The molecule has 3 rings (SSSR count). The Morgan fingerprint density at radius 2 is 1.73 bits per heavy atom. The average Bonchev–Trinajstić information content (AvgIpc) is 2.61. The standard InChI is InChI=1S/C17H21BrF2N2O3S/c18-14-3-5-15(6-4-14)26(24,25)22-9-1-2-13(12-22)16(23)21-10-7-17(19,20)8-11-21/h3-6,13H,1-2,7-12H2/t13-/m1/s1. The number of likely N-dealkylation sites (tertiary alicyclic amines) is 1. The lowest BCUT2D eigenvalue weighted by Crippen LogP contribution is -2.49. The third-order valence-corrected chi connectivity index (χ3v) is 7.40. The normalized spacial score (nSPS) is 24.4. The van der Waals surface area contributed by atoms with Crippen LogP contribution < -0.4 is 0 Å². The number of benzene rings is 1. The lowest BCUT2D eigenvalue weighted by Gasteiger charge is -2.37. The minimum absolute atomic E-state index is 0.0296. The maximum atomic E-state index is 13.3. The van der Waals surface area contributed by atoms with Gasteiger partial charge in [-0.3, -0.25) is 4.79 Å². The van der Waals surface area contributed by atoms with Gasteiger partial charge in [0, 0.05) is 43.5 Å². The first kappa shape index (κ1) is 19.7. The average molecular weight is 451 g/mol. The van der Waals surface area contributed by atoms with E-state index in [1.54, 1.807) is 12.1 Å². The van der Waals surface area contributed by atoms with Crippen LogP contribution in [0.3, 0.4) is 0 Å². The molecule has 9 heteroatoms. The van der Waals surface area contributed by atoms with E-state index < -0.39 is 21.9 Å². The molecule has 0 N–H and O–H groups in total. The number of amides is 1. The highest BCUT2D eigenvalue weighted by Gasteiger charge is 2.39. The number of hydrogen-bond donors (Lipinski definition) is 0. The highest BCUT2D eigenvalue weighted by molar-refractivity contribution is 9.10. The lowest BCUT2D eigenvalue weighted by molar-refractivity contribution is -0.142. The topological polar surface area (TPSA) is 57.7 Å². The van der Waals surface area contributed by atoms with Gasteiger partial charge in [0.1, 0.15) is 0 Å². The van der Waals surface area contributed by atoms with Gasteiger partial charge in [0.25, 0.3) is 5.92 Å². The Morgan fingerprint density at radius 1 is 1.12 bits per heavy atom. The Bertz CT molecular complexity index is 761. The van der Waals surface area contributed by atoms with Crippen molar-refractivity contribution in [2.75, 3.05) is 26.2 Å². The van der Waals surface area contributed by atoms with E-state index in [1.165, 1.54) is 21.3 Å². The number of nitrogens with zero attached hydrogens (tertiary/aromatic N) is 2. The molecule has 2 heterocycles. The Hall–Kier alpha value is -1.06. The molecule has 1 amide bonds. The van der Waals surface area contributed by atoms with Crippen LogP contribution in [0.15, 0.2) is 33.6 Å². The number of rotatable bonds is 3. The molecule has 0 aromatic heterocycles. The maximum absolute atomic E-state index is 13.3. The number of carbonyl (C=O) groups is 1. The number of sulfonamides is 1. The van der Waals surface area contributed by atoms with Crippen molar-refractivity contribution in [1.82, 2.24) is 9.21 Å². The first-order valence-electron chi connectivity index (χ1n) is 8.61. The second-order valence-electron chi connectivity index (χ2n) is 6.84. The van der Waals surface area contributed by atoms with Crippen molar-refractivity contribution >= 4 is 31.9 Å². The smallest absolute Gasteiger partial charge is 0.251 e. The molecule has 0 bridgehead atoms. The van der Waals surface area contributed by atoms with Crippen molar-refractivity contribution in [3.63, 3.8) is 0 Å². The molecule has 0 saturated carbocycles. The quantitative estimate of drug-likeness (QED) is 0.710. The van der Waals surface area contributed by atoms with Gasteiger partial charge in [-0.05, 0) is 37.1 Å². The SMILES string of the molecule is O=C([C@@H]1CCCN(S(=O)(=O)c2ccc(Br)cc2)C1)N1CCC(F)(F)CC1. The maximum Gasteiger partial charge on any atom is 0.251 e. The van der Waals surface area contributed by atoms with Crippen molar-refractivity contribution in [2.45, 2.75) is 36.5 Å². The second-order valence-corrected chi connectivity index (χ2v) is 9.69. The fourth-order valence-electron chi connectivity index (χ4n) is 3.43. The van der Waals surface area contributed by atoms with Crippen molar-refractivity contribution in [3.8, 4) is 0 Å². The third-order valence-electron chi connectivity index (χ3n) is 4.99. The zero-order valence-corrected chi connectivity index (χ0v) is 16.6. The molecular weight excluding hydrogens is 430 g/mol. The van der Waals surface area contributed by atoms with Crippen LogP contribution in [0.2, 0.25) is 0 Å². The van der Waals surface area contributed by atoms with Crippen LogP contribution in [0, 0.1) is 5.92 Å². The Kier molecular flexibility index (Phi) is 5.69. The largest absolute Gasteiger partial charge is 0.342 e. The molecule has 0 unspecified atom stereocenters. The van der Waals surface area contributed by atoms with Crippen LogP contribution in [-0.2, 0) is 14.8 Å². The molecule has 2 aliphatic heterocycles. The predicted octanol–water partition coefficient (Wildman–Crippen LogP) is 3.11. The predicted molar refractivity (Wildman–Crippen MR) is 96.4 cm³/mol. The summed E-state index contributed by atoms with van der Waals surface area (Å²) in [6.45, 7) is 0.522. The molecule has 0 aliphatic carbocycles. The zero-order chi connectivity index (χ0) is 18.9. The van der Waals surface area contributed by atoms with E-state index in [0.29, 0.717) is 19.4 Å². The molecule has 1 aromatic carbocycles. The van der Waals surface area contributed by atoms with E-state index in [1.807, 2.05) is 0 Å². The first-order chi connectivity index (χ1) is 12.2. The first-order valence-corrected chi connectivity index (χ1v) is 10.8. The lowest BCUT2D eigenvalue weighted by atomic mass is 9.96. The number of halogens is 3. The Morgan fingerprint density at radius 3 is 2.35 bits per heavy atom. The molecule has 0 spiro atoms. The molecular formula is C17H21BrF2N2O3S.